The summed E-state index contributed by atoms with van der Waals surface area (Å²) in [6.07, 6.45) is 1.30. The van der Waals surface area contributed by atoms with Crippen LogP contribution in [0.4, 0.5) is 4.39 Å². The summed E-state index contributed by atoms with van der Waals surface area (Å²) in [7, 11) is -3.89. The summed E-state index contributed by atoms with van der Waals surface area (Å²) in [5.74, 6) is -0.806. The second-order valence-electron chi connectivity index (χ2n) is 5.61. The summed E-state index contributed by atoms with van der Waals surface area (Å²) < 4.78 is 39.7. The Morgan fingerprint density at radius 1 is 1.29 bits per heavy atom. The lowest BCUT2D eigenvalue weighted by Gasteiger charge is -2.21. The SMILES string of the molecule is NC(=O)[C@@H]1C[C@@H](F)CN1S(=O)(=O)c1ccc2c(c1)CCC2. The summed E-state index contributed by atoms with van der Waals surface area (Å²) in [6.45, 7) is -0.312. The van der Waals surface area contributed by atoms with E-state index in [2.05, 4.69) is 0 Å². The molecule has 1 aliphatic carbocycles. The molecule has 0 spiro atoms. The van der Waals surface area contributed by atoms with Gasteiger partial charge in [-0.2, -0.15) is 4.31 Å². The first-order chi connectivity index (χ1) is 9.89. The van der Waals surface area contributed by atoms with Gasteiger partial charge in [0.05, 0.1) is 4.90 Å². The number of alkyl halides is 1. The van der Waals surface area contributed by atoms with Crippen LogP contribution in [0, 0.1) is 0 Å². The molecule has 1 saturated heterocycles. The third-order valence-corrected chi connectivity index (χ3v) is 6.08. The van der Waals surface area contributed by atoms with Gasteiger partial charge in [0.25, 0.3) is 0 Å². The first kappa shape index (κ1) is 14.5. The number of carbonyl (C=O) groups is 1. The molecular formula is C14H17FN2O3S. The summed E-state index contributed by atoms with van der Waals surface area (Å²) >= 11 is 0. The van der Waals surface area contributed by atoms with Gasteiger partial charge in [-0.25, -0.2) is 12.8 Å². The van der Waals surface area contributed by atoms with Crippen molar-refractivity contribution in [1.82, 2.24) is 4.31 Å². The minimum absolute atomic E-state index is 0.114. The van der Waals surface area contributed by atoms with Crippen LogP contribution in [0.5, 0.6) is 0 Å². The number of primary amides is 1. The van der Waals surface area contributed by atoms with Gasteiger partial charge in [-0.05, 0) is 42.5 Å². The Labute approximate surface area is 123 Å². The molecule has 0 aromatic heterocycles. The molecule has 114 valence electrons. The average Bonchev–Trinajstić information content (AvgIpc) is 3.03. The molecule has 7 heteroatoms. The molecule has 1 fully saturated rings. The van der Waals surface area contributed by atoms with Gasteiger partial charge in [0, 0.05) is 13.0 Å². The van der Waals surface area contributed by atoms with Crippen LogP contribution >= 0.6 is 0 Å². The van der Waals surface area contributed by atoms with Crippen LogP contribution in [-0.4, -0.2) is 37.4 Å². The van der Waals surface area contributed by atoms with E-state index < -0.39 is 28.1 Å². The highest BCUT2D eigenvalue weighted by Gasteiger charge is 2.43. The van der Waals surface area contributed by atoms with E-state index in [1.807, 2.05) is 0 Å². The number of nitrogens with two attached hydrogens (primary N) is 1. The van der Waals surface area contributed by atoms with Crippen LogP contribution in [0.25, 0.3) is 0 Å². The fourth-order valence-corrected chi connectivity index (χ4v) is 4.81. The second-order valence-corrected chi connectivity index (χ2v) is 7.50. The molecule has 21 heavy (non-hydrogen) atoms. The Hall–Kier alpha value is -1.47. The third kappa shape index (κ3) is 2.44. The van der Waals surface area contributed by atoms with Crippen molar-refractivity contribution in [2.45, 2.75) is 42.8 Å². The fraction of sp³-hybridized carbons (Fsp3) is 0.500. The van der Waals surface area contributed by atoms with Crippen molar-refractivity contribution in [3.63, 3.8) is 0 Å². The standard InChI is InChI=1S/C14H17FN2O3S/c15-11-7-13(14(16)18)17(8-11)21(19,20)12-5-4-9-2-1-3-10(9)6-12/h4-6,11,13H,1-3,7-8H2,(H2,16,18)/t11-,13+/m1/s1. The molecule has 0 radical (unpaired) electrons. The summed E-state index contributed by atoms with van der Waals surface area (Å²) in [6, 6.07) is 3.88. The fourth-order valence-electron chi connectivity index (χ4n) is 3.12. The molecule has 0 unspecified atom stereocenters. The van der Waals surface area contributed by atoms with E-state index >= 15 is 0 Å². The molecule has 1 heterocycles. The molecule has 5 nitrogen and oxygen atoms in total. The highest BCUT2D eigenvalue weighted by atomic mass is 32.2. The van der Waals surface area contributed by atoms with E-state index in [1.165, 1.54) is 6.07 Å². The molecule has 3 rings (SSSR count). The first-order valence-corrected chi connectivity index (χ1v) is 8.40. The maximum Gasteiger partial charge on any atom is 0.243 e. The van der Waals surface area contributed by atoms with E-state index in [0.717, 1.165) is 34.7 Å². The molecule has 0 bridgehead atoms. The maximum atomic E-state index is 13.5. The number of halogens is 1. The number of benzene rings is 1. The van der Waals surface area contributed by atoms with Crippen LogP contribution in [-0.2, 0) is 27.7 Å². The highest BCUT2D eigenvalue weighted by Crippen LogP contribution is 2.30. The number of aryl methyl sites for hydroxylation is 2. The first-order valence-electron chi connectivity index (χ1n) is 6.96. The number of sulfonamides is 1. The Bertz CT molecular complexity index is 689. The number of hydrogen-bond donors (Lipinski definition) is 1. The second kappa shape index (κ2) is 5.06. The van der Waals surface area contributed by atoms with E-state index in [-0.39, 0.29) is 17.9 Å². The predicted octanol–water partition coefficient (Wildman–Crippen LogP) is 0.762. The number of fused-ring (bicyclic) bond motifs is 1. The zero-order valence-corrected chi connectivity index (χ0v) is 12.3. The maximum absolute atomic E-state index is 13.5. The van der Waals surface area contributed by atoms with Crippen LogP contribution in [0.2, 0.25) is 0 Å². The smallest absolute Gasteiger partial charge is 0.243 e. The number of nitrogens with zero attached hydrogens (tertiary/aromatic N) is 1. The largest absolute Gasteiger partial charge is 0.368 e. The Morgan fingerprint density at radius 2 is 2.00 bits per heavy atom. The van der Waals surface area contributed by atoms with E-state index in [0.29, 0.717) is 0 Å². The van der Waals surface area contributed by atoms with Gasteiger partial charge >= 0.3 is 0 Å². The molecule has 1 aromatic rings. The van der Waals surface area contributed by atoms with Crippen LogP contribution in [0.15, 0.2) is 23.1 Å². The lowest BCUT2D eigenvalue weighted by molar-refractivity contribution is -0.121. The van der Waals surface area contributed by atoms with Gasteiger partial charge in [-0.1, -0.05) is 6.07 Å². The van der Waals surface area contributed by atoms with E-state index in [1.54, 1.807) is 12.1 Å². The van der Waals surface area contributed by atoms with Crippen molar-refractivity contribution >= 4 is 15.9 Å². The number of amides is 1. The van der Waals surface area contributed by atoms with Crippen LogP contribution in [0.1, 0.15) is 24.0 Å². The third-order valence-electron chi connectivity index (χ3n) is 4.21. The number of rotatable bonds is 3. The minimum Gasteiger partial charge on any atom is -0.368 e. The van der Waals surface area contributed by atoms with Gasteiger partial charge in [-0.15, -0.1) is 0 Å². The average molecular weight is 312 g/mol. The molecule has 2 atom stereocenters. The van der Waals surface area contributed by atoms with Crippen molar-refractivity contribution < 1.29 is 17.6 Å². The van der Waals surface area contributed by atoms with Gasteiger partial charge < -0.3 is 5.73 Å². The lowest BCUT2D eigenvalue weighted by atomic mass is 10.1. The number of carbonyl (C=O) groups excluding carboxylic acids is 1. The predicted molar refractivity (Wildman–Crippen MR) is 74.9 cm³/mol. The van der Waals surface area contributed by atoms with Crippen molar-refractivity contribution in [1.29, 1.82) is 0 Å². The quantitative estimate of drug-likeness (QED) is 0.895. The van der Waals surface area contributed by atoms with Crippen molar-refractivity contribution in [3.05, 3.63) is 29.3 Å². The molecule has 1 aromatic carbocycles. The summed E-state index contributed by atoms with van der Waals surface area (Å²) in [4.78, 5) is 11.5. The van der Waals surface area contributed by atoms with Crippen molar-refractivity contribution in [2.75, 3.05) is 6.54 Å². The van der Waals surface area contributed by atoms with Gasteiger partial charge in [0.1, 0.15) is 12.2 Å². The molecule has 2 N–H and O–H groups in total. The topological polar surface area (TPSA) is 80.5 Å². The van der Waals surface area contributed by atoms with Crippen LogP contribution in [0.3, 0.4) is 0 Å². The van der Waals surface area contributed by atoms with Crippen molar-refractivity contribution in [3.8, 4) is 0 Å². The zero-order chi connectivity index (χ0) is 15.2. The van der Waals surface area contributed by atoms with Crippen molar-refractivity contribution in [2.24, 2.45) is 5.73 Å². The van der Waals surface area contributed by atoms with Gasteiger partial charge in [0.2, 0.25) is 15.9 Å². The zero-order valence-electron chi connectivity index (χ0n) is 11.5. The van der Waals surface area contributed by atoms with E-state index in [4.69, 9.17) is 5.73 Å². The molecule has 1 amide bonds. The molecule has 2 aliphatic rings. The van der Waals surface area contributed by atoms with E-state index in [9.17, 15) is 17.6 Å². The highest BCUT2D eigenvalue weighted by molar-refractivity contribution is 7.89. The summed E-state index contributed by atoms with van der Waals surface area (Å²) in [5, 5.41) is 0. The minimum atomic E-state index is -3.89. The Kier molecular flexibility index (Phi) is 3.49. The van der Waals surface area contributed by atoms with Gasteiger partial charge in [-0.3, -0.25) is 4.79 Å². The lowest BCUT2D eigenvalue weighted by Crippen LogP contribution is -2.43. The molecule has 1 aliphatic heterocycles. The normalized spacial score (nSPS) is 26.0. The summed E-state index contributed by atoms with van der Waals surface area (Å²) in [5.41, 5.74) is 7.38. The Morgan fingerprint density at radius 3 is 2.71 bits per heavy atom. The number of hydrogen-bond acceptors (Lipinski definition) is 3. The Balaban J connectivity index is 1.98. The monoisotopic (exact) mass is 312 g/mol. The molecular weight excluding hydrogens is 295 g/mol. The van der Waals surface area contributed by atoms with Gasteiger partial charge in [0.15, 0.2) is 0 Å². The molecule has 0 saturated carbocycles. The van der Waals surface area contributed by atoms with Crippen LogP contribution < -0.4 is 5.73 Å².